The number of aromatic nitrogens is 1. The molecule has 0 spiro atoms. The first-order chi connectivity index (χ1) is 14.7. The first-order valence-electron chi connectivity index (χ1n) is 10.0. The van der Waals surface area contributed by atoms with Crippen molar-refractivity contribution in [3.8, 4) is 5.75 Å². The summed E-state index contributed by atoms with van der Waals surface area (Å²) in [5, 5.41) is 4.30. The zero-order valence-corrected chi connectivity index (χ0v) is 16.9. The number of carbonyl (C=O) groups is 1. The van der Waals surface area contributed by atoms with Gasteiger partial charge in [0.2, 0.25) is 0 Å². The van der Waals surface area contributed by atoms with E-state index in [-0.39, 0.29) is 23.2 Å². The number of ether oxygens (including phenoxy) is 2. The van der Waals surface area contributed by atoms with Gasteiger partial charge in [-0.15, -0.1) is 0 Å². The summed E-state index contributed by atoms with van der Waals surface area (Å²) in [5.41, 5.74) is 1.08. The van der Waals surface area contributed by atoms with Crippen molar-refractivity contribution in [2.45, 2.75) is 6.04 Å². The smallest absolute Gasteiger partial charge is 0.267 e. The predicted octanol–water partition coefficient (Wildman–Crippen LogP) is 2.34. The van der Waals surface area contributed by atoms with Gasteiger partial charge in [0, 0.05) is 25.0 Å². The van der Waals surface area contributed by atoms with Crippen LogP contribution in [-0.4, -0.2) is 55.7 Å². The van der Waals surface area contributed by atoms with E-state index in [0.717, 1.165) is 29.8 Å². The molecule has 0 radical (unpaired) electrons. The van der Waals surface area contributed by atoms with Crippen LogP contribution in [0.25, 0.3) is 10.8 Å². The van der Waals surface area contributed by atoms with Crippen molar-refractivity contribution < 1.29 is 14.3 Å². The molecule has 1 aliphatic heterocycles. The highest BCUT2D eigenvalue weighted by Gasteiger charge is 2.23. The molecule has 3 aromatic rings. The lowest BCUT2D eigenvalue weighted by molar-refractivity contribution is 0.0162. The highest BCUT2D eigenvalue weighted by Crippen LogP contribution is 2.24. The Bertz CT molecular complexity index is 1070. The highest BCUT2D eigenvalue weighted by molar-refractivity contribution is 5.96. The van der Waals surface area contributed by atoms with E-state index in [9.17, 15) is 9.59 Å². The fourth-order valence-corrected chi connectivity index (χ4v) is 3.79. The van der Waals surface area contributed by atoms with Gasteiger partial charge in [-0.3, -0.25) is 14.5 Å². The molecule has 156 valence electrons. The van der Waals surface area contributed by atoms with Crippen molar-refractivity contribution in [2.75, 3.05) is 40.0 Å². The lowest BCUT2D eigenvalue weighted by atomic mass is 10.0. The van der Waals surface area contributed by atoms with Crippen LogP contribution in [0.5, 0.6) is 5.75 Å². The minimum absolute atomic E-state index is 0.00376. The van der Waals surface area contributed by atoms with E-state index < -0.39 is 0 Å². The number of carbonyl (C=O) groups excluding carboxylic acids is 1. The van der Waals surface area contributed by atoms with Gasteiger partial charge in [0.1, 0.15) is 11.4 Å². The number of morpholine rings is 1. The summed E-state index contributed by atoms with van der Waals surface area (Å²) in [4.78, 5) is 30.1. The molecule has 1 aromatic heterocycles. The Labute approximate surface area is 174 Å². The van der Waals surface area contributed by atoms with Gasteiger partial charge in [-0.1, -0.05) is 30.3 Å². The molecule has 4 rings (SSSR count). The maximum Gasteiger partial charge on any atom is 0.267 e. The zero-order valence-electron chi connectivity index (χ0n) is 16.9. The Morgan fingerprint density at radius 3 is 2.63 bits per heavy atom. The van der Waals surface area contributed by atoms with Crippen molar-refractivity contribution in [1.29, 1.82) is 0 Å². The number of hydrogen-bond donors (Lipinski definition) is 2. The van der Waals surface area contributed by atoms with E-state index >= 15 is 0 Å². The third-order valence-corrected chi connectivity index (χ3v) is 5.44. The van der Waals surface area contributed by atoms with Crippen molar-refractivity contribution >= 4 is 16.7 Å². The Hall–Kier alpha value is -3.16. The van der Waals surface area contributed by atoms with Gasteiger partial charge in [-0.05, 0) is 35.2 Å². The molecule has 1 fully saturated rings. The quantitative estimate of drug-likeness (QED) is 0.655. The molecule has 0 saturated carbocycles. The Morgan fingerprint density at radius 2 is 1.90 bits per heavy atom. The first-order valence-corrected chi connectivity index (χ1v) is 10.0. The largest absolute Gasteiger partial charge is 0.497 e. The molecule has 2 aromatic carbocycles. The number of pyridine rings is 1. The lowest BCUT2D eigenvalue weighted by Gasteiger charge is -2.35. The summed E-state index contributed by atoms with van der Waals surface area (Å²) in [7, 11) is 1.64. The average molecular weight is 407 g/mol. The second-order valence-electron chi connectivity index (χ2n) is 7.25. The second-order valence-corrected chi connectivity index (χ2v) is 7.25. The van der Waals surface area contributed by atoms with Crippen molar-refractivity contribution in [3.63, 3.8) is 0 Å². The Morgan fingerprint density at radius 1 is 1.17 bits per heavy atom. The summed E-state index contributed by atoms with van der Waals surface area (Å²) in [6, 6.07) is 16.8. The van der Waals surface area contributed by atoms with Crippen LogP contribution in [0, 0.1) is 0 Å². The number of hydrogen-bond acceptors (Lipinski definition) is 5. The minimum Gasteiger partial charge on any atom is -0.497 e. The van der Waals surface area contributed by atoms with Gasteiger partial charge >= 0.3 is 0 Å². The first kappa shape index (κ1) is 20.1. The van der Waals surface area contributed by atoms with Crippen LogP contribution in [-0.2, 0) is 4.74 Å². The molecule has 0 bridgehead atoms. The van der Waals surface area contributed by atoms with Crippen LogP contribution in [0.3, 0.4) is 0 Å². The van der Waals surface area contributed by atoms with E-state index in [1.165, 1.54) is 0 Å². The number of H-pyrrole nitrogens is 1. The molecule has 2 N–H and O–H groups in total. The highest BCUT2D eigenvalue weighted by atomic mass is 16.5. The van der Waals surface area contributed by atoms with Gasteiger partial charge in [0.15, 0.2) is 0 Å². The number of fused-ring (bicyclic) bond motifs is 1. The maximum absolute atomic E-state index is 12.8. The number of nitrogens with one attached hydrogen (secondary N) is 2. The molecule has 1 aliphatic rings. The second kappa shape index (κ2) is 9.11. The Kier molecular flexibility index (Phi) is 6.11. The summed E-state index contributed by atoms with van der Waals surface area (Å²) in [6.07, 6.45) is 0. The standard InChI is InChI=1S/C23H25N3O4/c1-29-18-8-6-16(7-9-18)21(26-10-12-30-13-11-26)15-24-23(28)20-14-17-4-2-3-5-19(17)22(27)25-20/h2-9,14,21H,10-13,15H2,1H3,(H,24,28)(H,25,27). The van der Waals surface area contributed by atoms with Crippen molar-refractivity contribution in [2.24, 2.45) is 0 Å². The predicted molar refractivity (Wildman–Crippen MR) is 115 cm³/mol. The van der Waals surface area contributed by atoms with Crippen LogP contribution in [0.1, 0.15) is 22.1 Å². The molecule has 1 saturated heterocycles. The molecule has 1 unspecified atom stereocenters. The van der Waals surface area contributed by atoms with Crippen molar-refractivity contribution in [3.05, 3.63) is 76.2 Å². The average Bonchev–Trinajstić information content (AvgIpc) is 2.80. The number of methoxy groups -OCH3 is 1. The Balaban J connectivity index is 1.54. The third kappa shape index (κ3) is 4.37. The van der Waals surface area contributed by atoms with Crippen LogP contribution < -0.4 is 15.6 Å². The van der Waals surface area contributed by atoms with Crippen LogP contribution >= 0.6 is 0 Å². The zero-order chi connectivity index (χ0) is 20.9. The van der Waals surface area contributed by atoms with E-state index in [4.69, 9.17) is 9.47 Å². The summed E-state index contributed by atoms with van der Waals surface area (Å²) in [5.74, 6) is 0.488. The number of aromatic amines is 1. The molecule has 1 amide bonds. The SMILES string of the molecule is COc1ccc(C(CNC(=O)c2cc3ccccc3c(=O)[nH]2)N2CCOCC2)cc1. The van der Waals surface area contributed by atoms with Crippen LogP contribution in [0.4, 0.5) is 0 Å². The maximum atomic E-state index is 12.8. The molecule has 2 heterocycles. The molecule has 1 atom stereocenters. The molecule has 30 heavy (non-hydrogen) atoms. The summed E-state index contributed by atoms with van der Waals surface area (Å²) < 4.78 is 10.7. The van der Waals surface area contributed by atoms with Gasteiger partial charge in [-0.2, -0.15) is 0 Å². The van der Waals surface area contributed by atoms with E-state index in [2.05, 4.69) is 15.2 Å². The van der Waals surface area contributed by atoms with Crippen molar-refractivity contribution in [1.82, 2.24) is 15.2 Å². The molecular formula is C23H25N3O4. The fraction of sp³-hybridized carbons (Fsp3) is 0.304. The van der Waals surface area contributed by atoms with Crippen LogP contribution in [0.15, 0.2) is 59.4 Å². The molecular weight excluding hydrogens is 382 g/mol. The monoisotopic (exact) mass is 407 g/mol. The van der Waals surface area contributed by atoms with E-state index in [1.54, 1.807) is 25.3 Å². The number of amides is 1. The van der Waals surface area contributed by atoms with Gasteiger partial charge in [0.05, 0.1) is 26.4 Å². The number of nitrogens with zero attached hydrogens (tertiary/aromatic N) is 1. The summed E-state index contributed by atoms with van der Waals surface area (Å²) >= 11 is 0. The fourth-order valence-electron chi connectivity index (χ4n) is 3.79. The van der Waals surface area contributed by atoms with Gasteiger partial charge < -0.3 is 19.8 Å². The van der Waals surface area contributed by atoms with Crippen LogP contribution in [0.2, 0.25) is 0 Å². The minimum atomic E-state index is -0.301. The molecule has 7 nitrogen and oxygen atoms in total. The number of rotatable bonds is 6. The summed E-state index contributed by atoms with van der Waals surface area (Å²) in [6.45, 7) is 3.33. The normalized spacial score (nSPS) is 15.6. The third-order valence-electron chi connectivity index (χ3n) is 5.44. The molecule has 7 heteroatoms. The lowest BCUT2D eigenvalue weighted by Crippen LogP contribution is -2.44. The van der Waals surface area contributed by atoms with Gasteiger partial charge in [-0.25, -0.2) is 0 Å². The van der Waals surface area contributed by atoms with E-state index in [0.29, 0.717) is 25.1 Å². The van der Waals surface area contributed by atoms with Gasteiger partial charge in [0.25, 0.3) is 11.5 Å². The molecule has 0 aliphatic carbocycles. The van der Waals surface area contributed by atoms with E-state index in [1.807, 2.05) is 36.4 Å². The number of benzene rings is 2. The topological polar surface area (TPSA) is 83.7 Å².